The van der Waals surface area contributed by atoms with E-state index in [2.05, 4.69) is 21.5 Å². The molecule has 3 rings (SSSR count). The van der Waals surface area contributed by atoms with Crippen LogP contribution < -0.4 is 11.3 Å². The number of aromatic nitrogens is 4. The summed E-state index contributed by atoms with van der Waals surface area (Å²) in [6, 6.07) is -0.185. The highest BCUT2D eigenvalue weighted by molar-refractivity contribution is 5.68. The van der Waals surface area contributed by atoms with Gasteiger partial charge in [-0.15, -0.1) is 0 Å². The molecule has 3 heterocycles. The number of hydrogen-bond donors (Lipinski definition) is 2. The number of aromatic amines is 1. The van der Waals surface area contributed by atoms with Crippen LogP contribution in [0.3, 0.4) is 0 Å². The molecule has 0 saturated carbocycles. The molecular weight excluding hydrogens is 310 g/mol. The molecule has 1 saturated heterocycles. The molecular formula is C16H23N5O3. The summed E-state index contributed by atoms with van der Waals surface area (Å²) >= 11 is 0. The van der Waals surface area contributed by atoms with E-state index in [1.54, 1.807) is 10.9 Å². The lowest BCUT2D eigenvalue weighted by Crippen LogP contribution is -2.30. The minimum Gasteiger partial charge on any atom is -0.494 e. The molecule has 1 aliphatic heterocycles. The van der Waals surface area contributed by atoms with Gasteiger partial charge in [0.05, 0.1) is 24.8 Å². The number of imidazole rings is 1. The van der Waals surface area contributed by atoms with Crippen LogP contribution in [0.4, 0.5) is 0 Å². The molecule has 8 heteroatoms. The van der Waals surface area contributed by atoms with Crippen molar-refractivity contribution in [2.75, 3.05) is 6.61 Å². The molecule has 0 radical (unpaired) electrons. The molecule has 3 N–H and O–H groups in total. The first-order chi connectivity index (χ1) is 11.5. The van der Waals surface area contributed by atoms with Gasteiger partial charge >= 0.3 is 0 Å². The van der Waals surface area contributed by atoms with Crippen LogP contribution in [-0.4, -0.2) is 38.3 Å². The van der Waals surface area contributed by atoms with Crippen molar-refractivity contribution in [2.45, 2.75) is 45.1 Å². The van der Waals surface area contributed by atoms with Gasteiger partial charge in [-0.2, -0.15) is 0 Å². The average molecular weight is 333 g/mol. The van der Waals surface area contributed by atoms with Crippen molar-refractivity contribution in [3.05, 3.63) is 35.3 Å². The lowest BCUT2D eigenvalue weighted by atomic mass is 10.0. The second-order valence-electron chi connectivity index (χ2n) is 6.39. The van der Waals surface area contributed by atoms with Crippen LogP contribution in [0.2, 0.25) is 0 Å². The third-order valence-corrected chi connectivity index (χ3v) is 4.31. The van der Waals surface area contributed by atoms with E-state index < -0.39 is 0 Å². The summed E-state index contributed by atoms with van der Waals surface area (Å²) in [7, 11) is 0. The number of H-pyrrole nitrogens is 1. The van der Waals surface area contributed by atoms with E-state index in [1.165, 1.54) is 6.33 Å². The highest BCUT2D eigenvalue weighted by Gasteiger charge is 2.29. The summed E-state index contributed by atoms with van der Waals surface area (Å²) in [5, 5.41) is 0. The number of hydrogen-bond acceptors (Lipinski definition) is 6. The number of ether oxygens (including phenoxy) is 2. The molecule has 2 aromatic heterocycles. The molecule has 1 unspecified atom stereocenters. The van der Waals surface area contributed by atoms with Crippen LogP contribution in [0.1, 0.15) is 32.9 Å². The van der Waals surface area contributed by atoms with E-state index in [4.69, 9.17) is 15.2 Å². The van der Waals surface area contributed by atoms with Gasteiger partial charge in [0.1, 0.15) is 18.6 Å². The Balaban J connectivity index is 1.62. The Labute approximate surface area is 139 Å². The van der Waals surface area contributed by atoms with Gasteiger partial charge in [0, 0.05) is 0 Å². The zero-order chi connectivity index (χ0) is 17.3. The van der Waals surface area contributed by atoms with Crippen molar-refractivity contribution in [1.82, 2.24) is 19.5 Å². The molecule has 1 fully saturated rings. The van der Waals surface area contributed by atoms with Gasteiger partial charge in [-0.1, -0.05) is 20.4 Å². The first kappa shape index (κ1) is 16.7. The summed E-state index contributed by atoms with van der Waals surface area (Å²) in [5.41, 5.74) is 6.59. The van der Waals surface area contributed by atoms with Crippen LogP contribution in [0.5, 0.6) is 0 Å². The summed E-state index contributed by atoms with van der Waals surface area (Å²) in [4.78, 5) is 22.5. The van der Waals surface area contributed by atoms with Gasteiger partial charge in [-0.05, 0) is 18.8 Å². The Morgan fingerprint density at radius 3 is 3.08 bits per heavy atom. The number of rotatable bonds is 6. The van der Waals surface area contributed by atoms with Crippen molar-refractivity contribution in [1.29, 1.82) is 0 Å². The molecule has 8 nitrogen and oxygen atoms in total. The summed E-state index contributed by atoms with van der Waals surface area (Å²) in [6.07, 6.45) is 4.36. The number of nitrogens with one attached hydrogen (secondary N) is 1. The lowest BCUT2D eigenvalue weighted by Gasteiger charge is -2.21. The Hall–Kier alpha value is -2.19. The fourth-order valence-electron chi connectivity index (χ4n) is 2.76. The highest BCUT2D eigenvalue weighted by atomic mass is 16.6. The van der Waals surface area contributed by atoms with Gasteiger partial charge in [0.15, 0.2) is 11.2 Å². The quantitative estimate of drug-likeness (QED) is 0.772. The van der Waals surface area contributed by atoms with Crippen molar-refractivity contribution < 1.29 is 9.47 Å². The molecule has 3 atom stereocenters. The van der Waals surface area contributed by atoms with E-state index in [1.807, 2.05) is 13.8 Å². The Morgan fingerprint density at radius 2 is 2.33 bits per heavy atom. The monoisotopic (exact) mass is 333 g/mol. The minimum atomic E-state index is -0.254. The van der Waals surface area contributed by atoms with E-state index in [-0.39, 0.29) is 29.9 Å². The fourth-order valence-corrected chi connectivity index (χ4v) is 2.76. The molecule has 2 aromatic rings. The predicted octanol–water partition coefficient (Wildman–Crippen LogP) is 1.31. The lowest BCUT2D eigenvalue weighted by molar-refractivity contribution is -0.0295. The Morgan fingerprint density at radius 1 is 1.54 bits per heavy atom. The largest absolute Gasteiger partial charge is 0.494 e. The minimum absolute atomic E-state index is 0.0504. The van der Waals surface area contributed by atoms with Crippen LogP contribution in [0, 0.1) is 5.92 Å². The first-order valence-electron chi connectivity index (χ1n) is 8.10. The van der Waals surface area contributed by atoms with Gasteiger partial charge in [-0.25, -0.2) is 9.97 Å². The second-order valence-corrected chi connectivity index (χ2v) is 6.39. The van der Waals surface area contributed by atoms with Crippen molar-refractivity contribution in [3.63, 3.8) is 0 Å². The topological polar surface area (TPSA) is 108 Å². The van der Waals surface area contributed by atoms with E-state index in [9.17, 15) is 4.79 Å². The molecule has 1 aliphatic rings. The average Bonchev–Trinajstić information content (AvgIpc) is 3.18. The predicted molar refractivity (Wildman–Crippen MR) is 89.2 cm³/mol. The number of nitrogens with zero attached hydrogens (tertiary/aromatic N) is 3. The number of nitrogens with two attached hydrogens (primary N) is 1. The summed E-state index contributed by atoms with van der Waals surface area (Å²) < 4.78 is 13.5. The molecule has 0 aromatic carbocycles. The fraction of sp³-hybridized carbons (Fsp3) is 0.562. The van der Waals surface area contributed by atoms with Gasteiger partial charge in [0.2, 0.25) is 0 Å². The molecule has 0 amide bonds. The summed E-state index contributed by atoms with van der Waals surface area (Å²) in [5.74, 6) is 0.856. The van der Waals surface area contributed by atoms with Gasteiger partial charge in [0.25, 0.3) is 5.56 Å². The van der Waals surface area contributed by atoms with Crippen molar-refractivity contribution >= 4 is 11.2 Å². The van der Waals surface area contributed by atoms with Crippen LogP contribution in [0.25, 0.3) is 11.2 Å². The SMILES string of the molecule is C=C(OC[C@@H]1CC[C@H](n2cnc3c(=O)[nH]cnc32)O1)C(N)C(C)C. The smallest absolute Gasteiger partial charge is 0.278 e. The van der Waals surface area contributed by atoms with Crippen LogP contribution in [-0.2, 0) is 9.47 Å². The van der Waals surface area contributed by atoms with Crippen molar-refractivity contribution in [2.24, 2.45) is 11.7 Å². The maximum absolute atomic E-state index is 11.7. The van der Waals surface area contributed by atoms with E-state index in [0.29, 0.717) is 23.5 Å². The highest BCUT2D eigenvalue weighted by Crippen LogP contribution is 2.30. The molecule has 0 bridgehead atoms. The number of fused-ring (bicyclic) bond motifs is 1. The zero-order valence-corrected chi connectivity index (χ0v) is 13.9. The molecule has 24 heavy (non-hydrogen) atoms. The standard InChI is InChI=1S/C16H23N5O3/c1-9(2)13(17)10(3)23-6-11-4-5-12(24-11)21-8-20-14-15(21)18-7-19-16(14)22/h7-9,11-13H,3-6,17H2,1-2H3,(H,18,19,22)/t11-,12+,13?/m0/s1. The molecule has 130 valence electrons. The summed E-state index contributed by atoms with van der Waals surface area (Å²) in [6.45, 7) is 8.36. The maximum atomic E-state index is 11.7. The van der Waals surface area contributed by atoms with Crippen LogP contribution in [0.15, 0.2) is 29.8 Å². The maximum Gasteiger partial charge on any atom is 0.278 e. The van der Waals surface area contributed by atoms with E-state index >= 15 is 0 Å². The third-order valence-electron chi connectivity index (χ3n) is 4.31. The Bertz CT molecular complexity index is 781. The second kappa shape index (κ2) is 6.74. The van der Waals surface area contributed by atoms with E-state index in [0.717, 1.165) is 12.8 Å². The Kier molecular flexibility index (Phi) is 4.68. The molecule has 0 aliphatic carbocycles. The normalized spacial score (nSPS) is 22.2. The van der Waals surface area contributed by atoms with Crippen molar-refractivity contribution in [3.8, 4) is 0 Å². The van der Waals surface area contributed by atoms with Crippen LogP contribution >= 0.6 is 0 Å². The third kappa shape index (κ3) is 3.20. The first-order valence-corrected chi connectivity index (χ1v) is 8.10. The van der Waals surface area contributed by atoms with Gasteiger partial charge < -0.3 is 20.2 Å². The zero-order valence-electron chi connectivity index (χ0n) is 13.9. The molecule has 0 spiro atoms. The van der Waals surface area contributed by atoms with Gasteiger partial charge in [-0.3, -0.25) is 9.36 Å².